The van der Waals surface area contributed by atoms with Crippen LogP contribution in [0.25, 0.3) is 0 Å². The molecule has 0 spiro atoms. The van der Waals surface area contributed by atoms with E-state index in [1.54, 1.807) is 23.5 Å². The number of sulfonamides is 1. The Labute approximate surface area is 201 Å². The number of hydrogen-bond donors (Lipinski definition) is 3. The van der Waals surface area contributed by atoms with Gasteiger partial charge in [0.2, 0.25) is 10.0 Å². The molecule has 0 aliphatic heterocycles. The van der Waals surface area contributed by atoms with Crippen LogP contribution in [0.15, 0.2) is 51.7 Å². The number of halogens is 1. The summed E-state index contributed by atoms with van der Waals surface area (Å²) in [6.45, 7) is 6.39. The minimum atomic E-state index is -3.40. The molecule has 30 heavy (non-hydrogen) atoms. The topological polar surface area (TPSA) is 82.6 Å². The lowest BCUT2D eigenvalue weighted by Gasteiger charge is -2.15. The molecule has 9 heteroatoms. The first-order valence-corrected chi connectivity index (χ1v) is 12.5. The molecular formula is C21H31IN4O2S2. The van der Waals surface area contributed by atoms with Gasteiger partial charge in [0.1, 0.15) is 0 Å². The molecule has 0 radical (unpaired) electrons. The monoisotopic (exact) mass is 562 g/mol. The molecule has 6 nitrogen and oxygen atoms in total. The molecule has 0 amide bonds. The highest BCUT2D eigenvalue weighted by Gasteiger charge is 2.27. The van der Waals surface area contributed by atoms with Gasteiger partial charge in [-0.3, -0.25) is 0 Å². The van der Waals surface area contributed by atoms with E-state index in [0.29, 0.717) is 17.4 Å². The van der Waals surface area contributed by atoms with Gasteiger partial charge in [-0.2, -0.15) is 0 Å². The first kappa shape index (κ1) is 25.1. The molecule has 1 atom stereocenters. The fourth-order valence-electron chi connectivity index (χ4n) is 2.89. The average molecular weight is 563 g/mol. The van der Waals surface area contributed by atoms with Gasteiger partial charge in [0.15, 0.2) is 5.96 Å². The largest absolute Gasteiger partial charge is 0.357 e. The fraction of sp³-hybridized carbons (Fsp3) is 0.476. The number of thiophene rings is 1. The molecule has 1 aliphatic rings. The highest BCUT2D eigenvalue weighted by Crippen LogP contribution is 2.22. The van der Waals surface area contributed by atoms with Gasteiger partial charge in [-0.15, -0.1) is 35.3 Å². The van der Waals surface area contributed by atoms with Gasteiger partial charge in [-0.25, -0.2) is 18.1 Å². The molecule has 2 aromatic rings. The van der Waals surface area contributed by atoms with Crippen LogP contribution in [0.2, 0.25) is 0 Å². The van der Waals surface area contributed by atoms with Crippen molar-refractivity contribution in [3.05, 3.63) is 52.2 Å². The Hall–Kier alpha value is -1.17. The van der Waals surface area contributed by atoms with Gasteiger partial charge in [-0.1, -0.05) is 25.1 Å². The second-order valence-electron chi connectivity index (χ2n) is 7.50. The molecule has 1 fully saturated rings. The Kier molecular flexibility index (Phi) is 10.1. The van der Waals surface area contributed by atoms with Crippen LogP contribution < -0.4 is 15.4 Å². The molecule has 1 aromatic heterocycles. The zero-order valence-electron chi connectivity index (χ0n) is 17.4. The number of guanidine groups is 1. The first-order chi connectivity index (χ1) is 14.0. The Morgan fingerprint density at radius 3 is 2.53 bits per heavy atom. The zero-order chi connectivity index (χ0) is 20.7. The SMILES string of the molecule is CCNC(=NCc1ccc(S(=O)(=O)NC2CC2)cc1)NCC(C)Cc1cccs1.I. The lowest BCUT2D eigenvalue weighted by molar-refractivity contribution is 0.562. The highest BCUT2D eigenvalue weighted by molar-refractivity contribution is 14.0. The van der Waals surface area contributed by atoms with Crippen molar-refractivity contribution in [2.24, 2.45) is 10.9 Å². The van der Waals surface area contributed by atoms with Crippen LogP contribution in [-0.2, 0) is 23.0 Å². The van der Waals surface area contributed by atoms with E-state index in [9.17, 15) is 8.42 Å². The molecule has 3 N–H and O–H groups in total. The van der Waals surface area contributed by atoms with Crippen molar-refractivity contribution in [1.82, 2.24) is 15.4 Å². The van der Waals surface area contributed by atoms with Crippen LogP contribution in [0.1, 0.15) is 37.1 Å². The summed E-state index contributed by atoms with van der Waals surface area (Å²) >= 11 is 1.79. The van der Waals surface area contributed by atoms with Gasteiger partial charge in [0, 0.05) is 24.0 Å². The third-order valence-electron chi connectivity index (χ3n) is 4.64. The van der Waals surface area contributed by atoms with E-state index in [-0.39, 0.29) is 30.0 Å². The molecule has 3 rings (SSSR count). The summed E-state index contributed by atoms with van der Waals surface area (Å²) in [6.07, 6.45) is 2.91. The van der Waals surface area contributed by atoms with E-state index < -0.39 is 10.0 Å². The summed E-state index contributed by atoms with van der Waals surface area (Å²) < 4.78 is 27.2. The molecule has 1 unspecified atom stereocenters. The minimum absolute atomic E-state index is 0. The second kappa shape index (κ2) is 12.0. The lowest BCUT2D eigenvalue weighted by Crippen LogP contribution is -2.39. The van der Waals surface area contributed by atoms with Gasteiger partial charge in [0.25, 0.3) is 0 Å². The van der Waals surface area contributed by atoms with Crippen molar-refractivity contribution in [1.29, 1.82) is 0 Å². The maximum absolute atomic E-state index is 12.2. The summed E-state index contributed by atoms with van der Waals surface area (Å²) in [5.74, 6) is 1.28. The van der Waals surface area contributed by atoms with E-state index in [1.807, 2.05) is 19.1 Å². The normalized spacial score (nSPS) is 15.3. The highest BCUT2D eigenvalue weighted by atomic mass is 127. The maximum Gasteiger partial charge on any atom is 0.240 e. The molecular weight excluding hydrogens is 531 g/mol. The van der Waals surface area contributed by atoms with E-state index in [2.05, 4.69) is 44.8 Å². The third kappa shape index (κ3) is 8.16. The standard InChI is InChI=1S/C21H30N4O2S2.HI/c1-3-22-21(23-14-16(2)13-19-5-4-12-28-19)24-15-17-6-10-20(11-7-17)29(26,27)25-18-8-9-18;/h4-7,10-12,16,18,25H,3,8-9,13-15H2,1-2H3,(H2,22,23,24);1H. The van der Waals surface area contributed by atoms with Crippen molar-refractivity contribution in [3.8, 4) is 0 Å². The van der Waals surface area contributed by atoms with Gasteiger partial charge >= 0.3 is 0 Å². The summed E-state index contributed by atoms with van der Waals surface area (Å²) in [5, 5.41) is 8.78. The quantitative estimate of drug-likeness (QED) is 0.234. The number of hydrogen-bond acceptors (Lipinski definition) is 4. The van der Waals surface area contributed by atoms with Crippen LogP contribution in [-0.4, -0.2) is 33.5 Å². The average Bonchev–Trinajstić information content (AvgIpc) is 3.35. The van der Waals surface area contributed by atoms with Gasteiger partial charge in [-0.05, 0) is 61.2 Å². The van der Waals surface area contributed by atoms with Gasteiger partial charge < -0.3 is 10.6 Å². The van der Waals surface area contributed by atoms with Crippen molar-refractivity contribution in [2.75, 3.05) is 13.1 Å². The van der Waals surface area contributed by atoms with E-state index >= 15 is 0 Å². The van der Waals surface area contributed by atoms with Crippen LogP contribution in [0.5, 0.6) is 0 Å². The van der Waals surface area contributed by atoms with E-state index in [0.717, 1.165) is 43.9 Å². The first-order valence-electron chi connectivity index (χ1n) is 10.1. The molecule has 1 heterocycles. The lowest BCUT2D eigenvalue weighted by atomic mass is 10.1. The van der Waals surface area contributed by atoms with Crippen LogP contribution >= 0.6 is 35.3 Å². The minimum Gasteiger partial charge on any atom is -0.357 e. The predicted octanol–water partition coefficient (Wildman–Crippen LogP) is 3.74. The van der Waals surface area contributed by atoms with Crippen LogP contribution in [0.3, 0.4) is 0 Å². The van der Waals surface area contributed by atoms with E-state index in [4.69, 9.17) is 0 Å². The summed E-state index contributed by atoms with van der Waals surface area (Å²) in [7, 11) is -3.40. The smallest absolute Gasteiger partial charge is 0.240 e. The van der Waals surface area contributed by atoms with Crippen molar-refractivity contribution in [2.45, 2.75) is 50.6 Å². The summed E-state index contributed by atoms with van der Waals surface area (Å²) in [6, 6.07) is 11.3. The third-order valence-corrected chi connectivity index (χ3v) is 7.08. The van der Waals surface area contributed by atoms with Crippen molar-refractivity contribution in [3.63, 3.8) is 0 Å². The number of nitrogens with zero attached hydrogens (tertiary/aromatic N) is 1. The van der Waals surface area contributed by atoms with E-state index in [1.165, 1.54) is 4.88 Å². The molecule has 1 aromatic carbocycles. The molecule has 0 saturated heterocycles. The van der Waals surface area contributed by atoms with Crippen LogP contribution in [0, 0.1) is 5.92 Å². The summed E-state index contributed by atoms with van der Waals surface area (Å²) in [5.41, 5.74) is 0.971. The Bertz CT molecular complexity index is 896. The predicted molar refractivity (Wildman–Crippen MR) is 135 cm³/mol. The Morgan fingerprint density at radius 2 is 1.93 bits per heavy atom. The number of benzene rings is 1. The Balaban J connectivity index is 0.00000320. The molecule has 1 aliphatic carbocycles. The number of nitrogens with one attached hydrogen (secondary N) is 3. The molecule has 1 saturated carbocycles. The molecule has 0 bridgehead atoms. The fourth-order valence-corrected chi connectivity index (χ4v) is 5.06. The second-order valence-corrected chi connectivity index (χ2v) is 10.3. The Morgan fingerprint density at radius 1 is 1.20 bits per heavy atom. The number of aliphatic imine (C=N–C) groups is 1. The van der Waals surface area contributed by atoms with Crippen molar-refractivity contribution < 1.29 is 8.42 Å². The maximum atomic E-state index is 12.2. The zero-order valence-corrected chi connectivity index (χ0v) is 21.4. The van der Waals surface area contributed by atoms with Crippen molar-refractivity contribution >= 4 is 51.3 Å². The van der Waals surface area contributed by atoms with Gasteiger partial charge in [0.05, 0.1) is 11.4 Å². The van der Waals surface area contributed by atoms with Crippen LogP contribution in [0.4, 0.5) is 0 Å². The molecule has 166 valence electrons. The summed E-state index contributed by atoms with van der Waals surface area (Å²) in [4.78, 5) is 6.34. The number of rotatable bonds is 10.